The topological polar surface area (TPSA) is 33.2 Å². The summed E-state index contributed by atoms with van der Waals surface area (Å²) < 4.78 is 0. The molecule has 0 amide bonds. The van der Waals surface area contributed by atoms with Crippen molar-refractivity contribution in [3.05, 3.63) is 30.1 Å². The Morgan fingerprint density at radius 2 is 2.12 bits per heavy atom. The van der Waals surface area contributed by atoms with Crippen molar-refractivity contribution in [2.24, 2.45) is 0 Å². The highest BCUT2D eigenvalue weighted by Crippen LogP contribution is 2.26. The van der Waals surface area contributed by atoms with E-state index in [2.05, 4.69) is 9.88 Å². The molecule has 1 unspecified atom stereocenters. The molecule has 0 spiro atoms. The van der Waals surface area contributed by atoms with E-state index in [1.54, 1.807) is 6.92 Å². The second-order valence-electron chi connectivity index (χ2n) is 4.77. The number of aromatic nitrogens is 1. The van der Waals surface area contributed by atoms with Crippen molar-refractivity contribution in [3.8, 4) is 0 Å². The molecule has 1 atom stereocenters. The Kier molecular flexibility index (Phi) is 4.26. The Morgan fingerprint density at radius 3 is 2.71 bits per heavy atom. The summed E-state index contributed by atoms with van der Waals surface area (Å²) in [5.41, 5.74) is 1.03. The molecule has 0 bridgehead atoms. The molecular weight excluding hydrogens is 212 g/mol. The van der Waals surface area contributed by atoms with E-state index in [9.17, 15) is 4.79 Å². The minimum absolute atomic E-state index is 0.175. The average Bonchev–Trinajstić information content (AvgIpc) is 2.38. The van der Waals surface area contributed by atoms with Crippen LogP contribution >= 0.6 is 0 Å². The number of rotatable bonds is 4. The first-order valence-electron chi connectivity index (χ1n) is 6.42. The molecule has 0 aromatic carbocycles. The van der Waals surface area contributed by atoms with Crippen molar-refractivity contribution in [1.82, 2.24) is 9.88 Å². The minimum Gasteiger partial charge on any atom is -0.300 e. The first-order valence-corrected chi connectivity index (χ1v) is 6.42. The molecule has 1 aliphatic heterocycles. The molecule has 0 aliphatic carbocycles. The van der Waals surface area contributed by atoms with Gasteiger partial charge < -0.3 is 0 Å². The number of carbonyl (C=O) groups excluding carboxylic acids is 1. The van der Waals surface area contributed by atoms with Crippen molar-refractivity contribution >= 4 is 5.78 Å². The van der Waals surface area contributed by atoms with Crippen LogP contribution in [0.2, 0.25) is 0 Å². The lowest BCUT2D eigenvalue weighted by atomic mass is 10.0. The molecule has 1 aromatic heterocycles. The minimum atomic E-state index is 0.175. The van der Waals surface area contributed by atoms with Gasteiger partial charge in [-0.1, -0.05) is 12.5 Å². The van der Waals surface area contributed by atoms with Crippen LogP contribution in [0.25, 0.3) is 0 Å². The molecule has 2 rings (SSSR count). The van der Waals surface area contributed by atoms with Crippen LogP contribution in [0, 0.1) is 0 Å². The van der Waals surface area contributed by atoms with Crippen LogP contribution in [0.15, 0.2) is 24.4 Å². The summed E-state index contributed by atoms with van der Waals surface area (Å²) in [5, 5.41) is 0. The van der Waals surface area contributed by atoms with E-state index in [1.165, 1.54) is 19.3 Å². The van der Waals surface area contributed by atoms with Crippen molar-refractivity contribution < 1.29 is 4.79 Å². The van der Waals surface area contributed by atoms with Gasteiger partial charge in [0.1, 0.15) is 5.78 Å². The van der Waals surface area contributed by atoms with Gasteiger partial charge in [-0.25, -0.2) is 0 Å². The number of pyridine rings is 1. The van der Waals surface area contributed by atoms with Gasteiger partial charge in [-0.3, -0.25) is 14.7 Å². The lowest BCUT2D eigenvalue weighted by Crippen LogP contribution is -2.35. The van der Waals surface area contributed by atoms with Crippen LogP contribution in [0.5, 0.6) is 0 Å². The van der Waals surface area contributed by atoms with Crippen molar-refractivity contribution in [2.75, 3.05) is 13.1 Å². The van der Waals surface area contributed by atoms with Gasteiger partial charge in [-0.2, -0.15) is 0 Å². The Balaban J connectivity index is 2.15. The predicted octanol–water partition coefficient (Wildman–Crippen LogP) is 2.59. The highest BCUT2D eigenvalue weighted by Gasteiger charge is 2.24. The van der Waals surface area contributed by atoms with Crippen molar-refractivity contribution in [3.63, 3.8) is 0 Å². The third-order valence-electron chi connectivity index (χ3n) is 3.34. The molecule has 0 radical (unpaired) electrons. The van der Waals surface area contributed by atoms with E-state index in [1.807, 2.05) is 24.4 Å². The summed E-state index contributed by atoms with van der Waals surface area (Å²) in [5.74, 6) is 0.242. The van der Waals surface area contributed by atoms with E-state index in [-0.39, 0.29) is 11.8 Å². The van der Waals surface area contributed by atoms with Crippen molar-refractivity contribution in [1.29, 1.82) is 0 Å². The quantitative estimate of drug-likeness (QED) is 0.800. The van der Waals surface area contributed by atoms with E-state index in [0.717, 1.165) is 18.8 Å². The largest absolute Gasteiger partial charge is 0.300 e. The summed E-state index contributed by atoms with van der Waals surface area (Å²) in [6.45, 7) is 3.85. The smallest absolute Gasteiger partial charge is 0.131 e. The van der Waals surface area contributed by atoms with Gasteiger partial charge in [0.25, 0.3) is 0 Å². The molecule has 1 aromatic rings. The maximum Gasteiger partial charge on any atom is 0.131 e. The lowest BCUT2D eigenvalue weighted by Gasteiger charge is -2.33. The molecule has 2 heterocycles. The zero-order valence-corrected chi connectivity index (χ0v) is 10.4. The number of ketones is 1. The van der Waals surface area contributed by atoms with E-state index in [0.29, 0.717) is 6.42 Å². The number of hydrogen-bond acceptors (Lipinski definition) is 3. The zero-order valence-electron chi connectivity index (χ0n) is 10.4. The van der Waals surface area contributed by atoms with Gasteiger partial charge in [0.2, 0.25) is 0 Å². The van der Waals surface area contributed by atoms with Crippen LogP contribution in [-0.2, 0) is 4.79 Å². The summed E-state index contributed by atoms with van der Waals surface area (Å²) in [6.07, 6.45) is 6.18. The molecule has 3 nitrogen and oxygen atoms in total. The summed E-state index contributed by atoms with van der Waals surface area (Å²) in [6, 6.07) is 6.13. The fourth-order valence-corrected chi connectivity index (χ4v) is 2.50. The number of carbonyl (C=O) groups is 1. The van der Waals surface area contributed by atoms with Gasteiger partial charge in [0.15, 0.2) is 0 Å². The van der Waals surface area contributed by atoms with Crippen LogP contribution in [0.1, 0.15) is 44.3 Å². The third-order valence-corrected chi connectivity index (χ3v) is 3.34. The van der Waals surface area contributed by atoms with Gasteiger partial charge in [0.05, 0.1) is 11.7 Å². The molecule has 1 saturated heterocycles. The first kappa shape index (κ1) is 12.2. The standard InChI is InChI=1S/C14H20N2O/c1-12(17)11-14(13-7-3-4-8-15-13)16-9-5-2-6-10-16/h3-4,7-8,14H,2,5-6,9-11H2,1H3. The van der Waals surface area contributed by atoms with Crippen LogP contribution in [0.3, 0.4) is 0 Å². The Labute approximate surface area is 103 Å². The third kappa shape index (κ3) is 3.37. The number of nitrogens with zero attached hydrogens (tertiary/aromatic N) is 2. The first-order chi connectivity index (χ1) is 8.27. The Hall–Kier alpha value is -1.22. The fourth-order valence-electron chi connectivity index (χ4n) is 2.50. The van der Waals surface area contributed by atoms with Gasteiger partial charge in [0, 0.05) is 12.6 Å². The highest BCUT2D eigenvalue weighted by molar-refractivity contribution is 5.76. The van der Waals surface area contributed by atoms with Crippen LogP contribution < -0.4 is 0 Å². The lowest BCUT2D eigenvalue weighted by molar-refractivity contribution is -0.118. The van der Waals surface area contributed by atoms with Crippen molar-refractivity contribution in [2.45, 2.75) is 38.6 Å². The van der Waals surface area contributed by atoms with E-state index >= 15 is 0 Å². The predicted molar refractivity (Wildman–Crippen MR) is 67.7 cm³/mol. The molecule has 0 N–H and O–H groups in total. The number of hydrogen-bond donors (Lipinski definition) is 0. The Bertz CT molecular complexity index is 358. The maximum atomic E-state index is 11.4. The molecule has 17 heavy (non-hydrogen) atoms. The summed E-state index contributed by atoms with van der Waals surface area (Å²) in [4.78, 5) is 18.2. The zero-order chi connectivity index (χ0) is 12.1. The van der Waals surface area contributed by atoms with Gasteiger partial charge >= 0.3 is 0 Å². The van der Waals surface area contributed by atoms with Crippen LogP contribution in [0.4, 0.5) is 0 Å². The molecule has 0 saturated carbocycles. The SMILES string of the molecule is CC(=O)CC(c1ccccn1)N1CCCCC1. The van der Waals surface area contributed by atoms with Crippen LogP contribution in [-0.4, -0.2) is 28.8 Å². The molecule has 92 valence electrons. The second kappa shape index (κ2) is 5.92. The summed E-state index contributed by atoms with van der Waals surface area (Å²) in [7, 11) is 0. The normalized spacial score (nSPS) is 18.9. The molecular formula is C14H20N2O. The second-order valence-corrected chi connectivity index (χ2v) is 4.77. The fraction of sp³-hybridized carbons (Fsp3) is 0.571. The molecule has 1 fully saturated rings. The number of Topliss-reactive ketones (excluding diaryl/α,β-unsaturated/α-hetero) is 1. The van der Waals surface area contributed by atoms with E-state index < -0.39 is 0 Å². The van der Waals surface area contributed by atoms with E-state index in [4.69, 9.17) is 0 Å². The maximum absolute atomic E-state index is 11.4. The average molecular weight is 232 g/mol. The Morgan fingerprint density at radius 1 is 1.35 bits per heavy atom. The molecule has 1 aliphatic rings. The highest BCUT2D eigenvalue weighted by atomic mass is 16.1. The monoisotopic (exact) mass is 232 g/mol. The summed E-state index contributed by atoms with van der Waals surface area (Å²) >= 11 is 0. The van der Waals surface area contributed by atoms with Gasteiger partial charge in [-0.15, -0.1) is 0 Å². The van der Waals surface area contributed by atoms with Gasteiger partial charge in [-0.05, 0) is 45.0 Å². The number of piperidine rings is 1. The number of likely N-dealkylation sites (tertiary alicyclic amines) is 1. The molecule has 3 heteroatoms.